The summed E-state index contributed by atoms with van der Waals surface area (Å²) in [5.41, 5.74) is 13.0. The van der Waals surface area contributed by atoms with Gasteiger partial charge in [-0.2, -0.15) is 0 Å². The molecule has 3 heterocycles. The number of anilines is 4. The molecule has 2 aromatic heterocycles. The second kappa shape index (κ2) is 8.50. The fraction of sp³-hybridized carbons (Fsp3) is 0.238. The number of benzene rings is 1. The molecule has 1 aromatic carbocycles. The molecule has 0 radical (unpaired) electrons. The number of carbonyl (C=O) groups is 1. The number of aromatic nitrogens is 3. The van der Waals surface area contributed by atoms with Gasteiger partial charge in [-0.3, -0.25) is 9.78 Å². The maximum atomic E-state index is 14.3. The molecule has 160 valence electrons. The van der Waals surface area contributed by atoms with Crippen molar-refractivity contribution >= 4 is 28.7 Å². The van der Waals surface area contributed by atoms with Crippen LogP contribution in [0.15, 0.2) is 42.9 Å². The minimum Gasteiger partial charge on any atom is -0.398 e. The van der Waals surface area contributed by atoms with Crippen LogP contribution in [0.4, 0.5) is 31.5 Å². The molecule has 1 amide bonds. The number of halogens is 2. The van der Waals surface area contributed by atoms with E-state index in [2.05, 4.69) is 20.3 Å². The van der Waals surface area contributed by atoms with Crippen molar-refractivity contribution in [1.29, 1.82) is 0 Å². The lowest BCUT2D eigenvalue weighted by Crippen LogP contribution is -2.35. The Hall–Kier alpha value is -3.82. The Morgan fingerprint density at radius 3 is 2.65 bits per heavy atom. The number of hydrogen-bond acceptors (Lipinski definition) is 7. The molecule has 0 saturated carbocycles. The highest BCUT2D eigenvalue weighted by molar-refractivity contribution is 6.07. The predicted molar refractivity (Wildman–Crippen MR) is 115 cm³/mol. The summed E-state index contributed by atoms with van der Waals surface area (Å²) in [5.74, 6) is -1.26. The molecule has 1 fully saturated rings. The van der Waals surface area contributed by atoms with Gasteiger partial charge >= 0.3 is 0 Å². The summed E-state index contributed by atoms with van der Waals surface area (Å²) in [6.07, 6.45) is 4.36. The quantitative estimate of drug-likeness (QED) is 0.549. The molecular weight excluding hydrogens is 404 g/mol. The number of carbonyl (C=O) groups excluding carboxylic acids is 1. The molecule has 1 saturated heterocycles. The molecule has 1 aliphatic heterocycles. The van der Waals surface area contributed by atoms with Crippen LogP contribution in [0.1, 0.15) is 23.3 Å². The van der Waals surface area contributed by atoms with Crippen molar-refractivity contribution in [1.82, 2.24) is 15.0 Å². The van der Waals surface area contributed by atoms with Crippen LogP contribution in [0.2, 0.25) is 0 Å². The fourth-order valence-corrected chi connectivity index (χ4v) is 3.50. The lowest BCUT2D eigenvalue weighted by Gasteiger charge is -2.31. The van der Waals surface area contributed by atoms with E-state index in [0.717, 1.165) is 5.69 Å². The van der Waals surface area contributed by atoms with Crippen LogP contribution in [0.5, 0.6) is 0 Å². The number of nitrogen functional groups attached to an aromatic ring is 2. The van der Waals surface area contributed by atoms with E-state index in [1.54, 1.807) is 12.3 Å². The first-order chi connectivity index (χ1) is 14.9. The minimum atomic E-state index is -0.818. The van der Waals surface area contributed by atoms with Crippen LogP contribution in [0.3, 0.4) is 0 Å². The highest BCUT2D eigenvalue weighted by atomic mass is 19.1. The second-order valence-electron chi connectivity index (χ2n) is 7.21. The summed E-state index contributed by atoms with van der Waals surface area (Å²) in [5, 5.41) is 2.75. The van der Waals surface area contributed by atoms with E-state index in [1.807, 2.05) is 4.90 Å². The summed E-state index contributed by atoms with van der Waals surface area (Å²) in [6.45, 7) is 1.06. The van der Waals surface area contributed by atoms with E-state index >= 15 is 0 Å². The monoisotopic (exact) mass is 425 g/mol. The summed E-state index contributed by atoms with van der Waals surface area (Å²) >= 11 is 0. The highest BCUT2D eigenvalue weighted by Crippen LogP contribution is 2.30. The predicted octanol–water partition coefficient (Wildman–Crippen LogP) is 3.03. The van der Waals surface area contributed by atoms with Crippen molar-refractivity contribution in [3.63, 3.8) is 0 Å². The third-order valence-electron chi connectivity index (χ3n) is 5.11. The lowest BCUT2D eigenvalue weighted by molar-refractivity contribution is 0.102. The number of rotatable bonds is 4. The van der Waals surface area contributed by atoms with Crippen molar-refractivity contribution in [2.75, 3.05) is 34.8 Å². The van der Waals surface area contributed by atoms with Gasteiger partial charge in [0, 0.05) is 25.0 Å². The number of piperidine rings is 1. The number of amides is 1. The average Bonchev–Trinajstić information content (AvgIpc) is 2.76. The Morgan fingerprint density at radius 1 is 1.13 bits per heavy atom. The Morgan fingerprint density at radius 2 is 1.90 bits per heavy atom. The van der Waals surface area contributed by atoms with Crippen LogP contribution < -0.4 is 21.7 Å². The third kappa shape index (κ3) is 4.23. The molecule has 31 heavy (non-hydrogen) atoms. The SMILES string of the molecule is Nc1cnc(-c2c(N)cccc2F)nc1C(=O)Nc1cnccc1N1CCC(F)CC1. The lowest BCUT2D eigenvalue weighted by atomic mass is 10.1. The average molecular weight is 425 g/mol. The van der Waals surface area contributed by atoms with Gasteiger partial charge in [-0.05, 0) is 31.0 Å². The molecule has 0 unspecified atom stereocenters. The Bertz CT molecular complexity index is 1100. The molecule has 8 nitrogen and oxygen atoms in total. The molecule has 5 N–H and O–H groups in total. The van der Waals surface area contributed by atoms with E-state index in [-0.39, 0.29) is 28.5 Å². The zero-order valence-electron chi connectivity index (χ0n) is 16.6. The largest absolute Gasteiger partial charge is 0.398 e. The molecule has 1 aliphatic rings. The number of nitrogens with two attached hydrogens (primary N) is 2. The number of nitrogens with zero attached hydrogens (tertiary/aromatic N) is 4. The molecular formula is C21H21F2N7O. The van der Waals surface area contributed by atoms with Gasteiger partial charge in [-0.15, -0.1) is 0 Å². The van der Waals surface area contributed by atoms with Gasteiger partial charge in [-0.1, -0.05) is 6.07 Å². The van der Waals surface area contributed by atoms with Crippen molar-refractivity contribution in [3.8, 4) is 11.4 Å². The standard InChI is InChI=1S/C21H21F2N7O/c22-12-5-8-30(9-6-12)17-4-7-26-11-16(17)28-21(31)19-15(25)10-27-20(29-19)18-13(23)2-1-3-14(18)24/h1-4,7,10-12H,5-6,8-9,24-25H2,(H,28,31). The summed E-state index contributed by atoms with van der Waals surface area (Å²) in [4.78, 5) is 27.2. The molecule has 3 aromatic rings. The van der Waals surface area contributed by atoms with Crippen LogP contribution >= 0.6 is 0 Å². The van der Waals surface area contributed by atoms with Gasteiger partial charge in [0.05, 0.1) is 35.0 Å². The third-order valence-corrected chi connectivity index (χ3v) is 5.11. The normalized spacial score (nSPS) is 14.5. The summed E-state index contributed by atoms with van der Waals surface area (Å²) < 4.78 is 27.8. The molecule has 4 rings (SSSR count). The van der Waals surface area contributed by atoms with E-state index in [0.29, 0.717) is 31.6 Å². The van der Waals surface area contributed by atoms with Gasteiger partial charge in [0.15, 0.2) is 11.5 Å². The van der Waals surface area contributed by atoms with Gasteiger partial charge < -0.3 is 21.7 Å². The van der Waals surface area contributed by atoms with Gasteiger partial charge in [-0.25, -0.2) is 18.7 Å². The van der Waals surface area contributed by atoms with Crippen LogP contribution in [-0.2, 0) is 0 Å². The summed E-state index contributed by atoms with van der Waals surface area (Å²) in [6, 6.07) is 5.96. The fourth-order valence-electron chi connectivity index (χ4n) is 3.50. The first kappa shape index (κ1) is 20.5. The van der Waals surface area contributed by atoms with E-state index < -0.39 is 17.9 Å². The van der Waals surface area contributed by atoms with Crippen LogP contribution in [-0.4, -0.2) is 40.1 Å². The van der Waals surface area contributed by atoms with Crippen molar-refractivity contribution in [2.24, 2.45) is 0 Å². The number of pyridine rings is 1. The van der Waals surface area contributed by atoms with Crippen molar-refractivity contribution < 1.29 is 13.6 Å². The first-order valence-corrected chi connectivity index (χ1v) is 9.75. The zero-order chi connectivity index (χ0) is 22.0. The first-order valence-electron chi connectivity index (χ1n) is 9.75. The minimum absolute atomic E-state index is 0.00675. The highest BCUT2D eigenvalue weighted by Gasteiger charge is 2.23. The number of hydrogen-bond donors (Lipinski definition) is 3. The smallest absolute Gasteiger partial charge is 0.276 e. The van der Waals surface area contributed by atoms with E-state index in [9.17, 15) is 13.6 Å². The number of alkyl halides is 1. The topological polar surface area (TPSA) is 123 Å². The molecule has 0 aliphatic carbocycles. The number of nitrogens with one attached hydrogen (secondary N) is 1. The van der Waals surface area contributed by atoms with Gasteiger partial charge in [0.1, 0.15) is 12.0 Å². The molecule has 0 bridgehead atoms. The Labute approximate surface area is 177 Å². The maximum absolute atomic E-state index is 14.3. The van der Waals surface area contributed by atoms with E-state index in [4.69, 9.17) is 11.5 Å². The Kier molecular flexibility index (Phi) is 5.61. The molecule has 0 spiro atoms. The summed E-state index contributed by atoms with van der Waals surface area (Å²) in [7, 11) is 0. The molecule has 10 heteroatoms. The van der Waals surface area contributed by atoms with Gasteiger partial charge in [0.2, 0.25) is 0 Å². The van der Waals surface area contributed by atoms with Crippen molar-refractivity contribution in [3.05, 3.63) is 54.4 Å². The zero-order valence-corrected chi connectivity index (χ0v) is 16.6. The van der Waals surface area contributed by atoms with Gasteiger partial charge in [0.25, 0.3) is 5.91 Å². The van der Waals surface area contributed by atoms with Crippen LogP contribution in [0, 0.1) is 5.82 Å². The Balaban J connectivity index is 1.63. The van der Waals surface area contributed by atoms with Crippen LogP contribution in [0.25, 0.3) is 11.4 Å². The van der Waals surface area contributed by atoms with Crippen molar-refractivity contribution in [2.45, 2.75) is 19.0 Å². The second-order valence-corrected chi connectivity index (χ2v) is 7.21. The molecule has 0 atom stereocenters. The maximum Gasteiger partial charge on any atom is 0.276 e. The van der Waals surface area contributed by atoms with E-state index in [1.165, 1.54) is 30.6 Å².